The molecule has 2 rings (SSSR count). The molecule has 1 heterocycles. The van der Waals surface area contributed by atoms with Gasteiger partial charge in [-0.05, 0) is 48.4 Å². The van der Waals surface area contributed by atoms with Crippen LogP contribution in [-0.2, 0) is 24.1 Å². The Labute approximate surface area is 123 Å². The summed E-state index contributed by atoms with van der Waals surface area (Å²) in [5, 5.41) is 0. The van der Waals surface area contributed by atoms with Gasteiger partial charge in [-0.15, -0.1) is 0 Å². The number of nitrogens with zero attached hydrogens (tertiary/aromatic N) is 1. The van der Waals surface area contributed by atoms with Gasteiger partial charge in [0.1, 0.15) is 0 Å². The lowest BCUT2D eigenvalue weighted by molar-refractivity contribution is 0.267. The highest BCUT2D eigenvalue weighted by Crippen LogP contribution is 2.24. The van der Waals surface area contributed by atoms with Crippen molar-refractivity contribution in [1.82, 2.24) is 4.90 Å². The van der Waals surface area contributed by atoms with E-state index in [0.29, 0.717) is 0 Å². The number of unbranched alkanes of at least 4 members (excludes halogenated alkanes) is 1. The van der Waals surface area contributed by atoms with Gasteiger partial charge in [0.05, 0.1) is 13.4 Å². The molecule has 0 bridgehead atoms. The first-order valence-electron chi connectivity index (χ1n) is 7.75. The molecule has 0 aliphatic carbocycles. The first-order valence-corrected chi connectivity index (χ1v) is 7.75. The highest BCUT2D eigenvalue weighted by Gasteiger charge is 2.18. The van der Waals surface area contributed by atoms with Crippen LogP contribution in [0.25, 0.3) is 0 Å². The topological polar surface area (TPSA) is 12.5 Å². The number of rotatable bonds is 6. The number of ether oxygens (including phenoxy) is 1. The maximum absolute atomic E-state index is 5.09. The Hall–Kier alpha value is -1.28. The lowest BCUT2D eigenvalue weighted by Crippen LogP contribution is -2.32. The summed E-state index contributed by atoms with van der Waals surface area (Å²) in [6.45, 7) is 7.64. The van der Waals surface area contributed by atoms with E-state index in [-0.39, 0.29) is 0 Å². The van der Waals surface area contributed by atoms with E-state index in [1.165, 1.54) is 36.8 Å². The molecule has 0 saturated carbocycles. The minimum absolute atomic E-state index is 1.01. The first-order chi connectivity index (χ1) is 9.74. The smallest absolute Gasteiger partial charge is 0.0826 e. The zero-order chi connectivity index (χ0) is 14.4. The van der Waals surface area contributed by atoms with E-state index in [9.17, 15) is 0 Å². The molecule has 0 spiro atoms. The van der Waals surface area contributed by atoms with Gasteiger partial charge in [-0.1, -0.05) is 31.5 Å². The van der Waals surface area contributed by atoms with Gasteiger partial charge in [0, 0.05) is 19.6 Å². The molecular formula is C18H27NO. The van der Waals surface area contributed by atoms with E-state index in [2.05, 4.69) is 36.9 Å². The Balaban J connectivity index is 2.05. The third-order valence-electron chi connectivity index (χ3n) is 4.03. The molecule has 0 atom stereocenters. The predicted molar refractivity (Wildman–Crippen MR) is 84.8 cm³/mol. The van der Waals surface area contributed by atoms with Gasteiger partial charge in [-0.25, -0.2) is 0 Å². The Morgan fingerprint density at radius 1 is 1.40 bits per heavy atom. The molecule has 2 heteroatoms. The van der Waals surface area contributed by atoms with Crippen molar-refractivity contribution in [2.45, 2.75) is 46.1 Å². The Morgan fingerprint density at radius 2 is 2.25 bits per heavy atom. The lowest BCUT2D eigenvalue weighted by Gasteiger charge is -2.30. The zero-order valence-electron chi connectivity index (χ0n) is 13.1. The second-order valence-corrected chi connectivity index (χ2v) is 5.82. The molecular weight excluding hydrogens is 246 g/mol. The molecule has 1 aliphatic rings. The van der Waals surface area contributed by atoms with Crippen LogP contribution in [0.2, 0.25) is 0 Å². The van der Waals surface area contributed by atoms with Crippen molar-refractivity contribution < 1.29 is 4.74 Å². The maximum atomic E-state index is 5.09. The third-order valence-corrected chi connectivity index (χ3v) is 4.03. The van der Waals surface area contributed by atoms with Crippen molar-refractivity contribution in [3.63, 3.8) is 0 Å². The van der Waals surface area contributed by atoms with Crippen LogP contribution in [0.3, 0.4) is 0 Å². The van der Waals surface area contributed by atoms with E-state index < -0.39 is 0 Å². The van der Waals surface area contributed by atoms with E-state index in [4.69, 9.17) is 4.74 Å². The molecule has 0 unspecified atom stereocenters. The first kappa shape index (κ1) is 15.1. The van der Waals surface area contributed by atoms with Crippen LogP contribution in [0.15, 0.2) is 30.0 Å². The van der Waals surface area contributed by atoms with E-state index >= 15 is 0 Å². The van der Waals surface area contributed by atoms with Crippen LogP contribution in [0.5, 0.6) is 0 Å². The van der Waals surface area contributed by atoms with Crippen molar-refractivity contribution in [2.24, 2.45) is 0 Å². The summed E-state index contributed by atoms with van der Waals surface area (Å²) in [6.07, 6.45) is 6.86. The van der Waals surface area contributed by atoms with Gasteiger partial charge in [0.15, 0.2) is 0 Å². The summed E-state index contributed by atoms with van der Waals surface area (Å²) in [7, 11) is 1.72. The fourth-order valence-corrected chi connectivity index (χ4v) is 3.07. The minimum atomic E-state index is 1.01. The molecule has 20 heavy (non-hydrogen) atoms. The highest BCUT2D eigenvalue weighted by molar-refractivity contribution is 5.37. The predicted octanol–water partition coefficient (Wildman–Crippen LogP) is 3.94. The number of hydrogen-bond acceptors (Lipinski definition) is 2. The summed E-state index contributed by atoms with van der Waals surface area (Å²) in [5.74, 6) is 0. The van der Waals surface area contributed by atoms with Crippen molar-refractivity contribution in [3.05, 3.63) is 46.7 Å². The van der Waals surface area contributed by atoms with Gasteiger partial charge in [0.25, 0.3) is 0 Å². The summed E-state index contributed by atoms with van der Waals surface area (Å²) < 4.78 is 5.09. The lowest BCUT2D eigenvalue weighted by atomic mass is 9.92. The van der Waals surface area contributed by atoms with Crippen LogP contribution in [0, 0.1) is 0 Å². The largest absolute Gasteiger partial charge is 0.504 e. The van der Waals surface area contributed by atoms with E-state index in [1.807, 2.05) is 6.26 Å². The maximum Gasteiger partial charge on any atom is 0.0826 e. The van der Waals surface area contributed by atoms with E-state index in [0.717, 1.165) is 19.6 Å². The molecule has 0 radical (unpaired) electrons. The minimum Gasteiger partial charge on any atom is -0.504 e. The molecule has 2 nitrogen and oxygen atoms in total. The monoisotopic (exact) mass is 273 g/mol. The van der Waals surface area contributed by atoms with Gasteiger partial charge < -0.3 is 4.74 Å². The molecule has 0 N–H and O–H groups in total. The fraction of sp³-hybridized carbons (Fsp3) is 0.556. The quantitative estimate of drug-likeness (QED) is 0.728. The zero-order valence-corrected chi connectivity index (χ0v) is 13.1. The van der Waals surface area contributed by atoms with Crippen LogP contribution in [0.4, 0.5) is 0 Å². The number of methoxy groups -OCH3 is 1. The second kappa shape index (κ2) is 7.49. The van der Waals surface area contributed by atoms with Crippen molar-refractivity contribution >= 4 is 0 Å². The summed E-state index contributed by atoms with van der Waals surface area (Å²) in [4.78, 5) is 2.51. The number of fused-ring (bicyclic) bond motifs is 1. The van der Waals surface area contributed by atoms with Gasteiger partial charge in [-0.3, -0.25) is 4.90 Å². The molecule has 1 aromatic carbocycles. The number of aryl methyl sites for hydroxylation is 1. The average molecular weight is 273 g/mol. The fourth-order valence-electron chi connectivity index (χ4n) is 3.07. The van der Waals surface area contributed by atoms with Crippen LogP contribution in [0.1, 0.15) is 43.4 Å². The Morgan fingerprint density at radius 3 is 3.00 bits per heavy atom. The second-order valence-electron chi connectivity index (χ2n) is 5.82. The van der Waals surface area contributed by atoms with Crippen LogP contribution >= 0.6 is 0 Å². The highest BCUT2D eigenvalue weighted by atomic mass is 16.5. The van der Waals surface area contributed by atoms with Crippen molar-refractivity contribution in [1.29, 1.82) is 0 Å². The van der Waals surface area contributed by atoms with Crippen LogP contribution < -0.4 is 0 Å². The Kier molecular flexibility index (Phi) is 5.66. The Bertz CT molecular complexity index is 464. The third kappa shape index (κ3) is 3.86. The van der Waals surface area contributed by atoms with Crippen LogP contribution in [-0.4, -0.2) is 25.1 Å². The SMILES string of the molecule is CCCCc1cccc2c1CCN(C/C(C)=C/OC)C2. The van der Waals surface area contributed by atoms with E-state index in [1.54, 1.807) is 18.2 Å². The molecule has 110 valence electrons. The number of hydrogen-bond donors (Lipinski definition) is 0. The molecule has 0 amide bonds. The molecule has 0 fully saturated rings. The molecule has 0 aromatic heterocycles. The average Bonchev–Trinajstić information content (AvgIpc) is 2.45. The summed E-state index contributed by atoms with van der Waals surface area (Å²) in [5.41, 5.74) is 6.01. The molecule has 1 aliphatic heterocycles. The normalized spacial score (nSPS) is 16.1. The van der Waals surface area contributed by atoms with Crippen molar-refractivity contribution in [2.75, 3.05) is 20.2 Å². The van der Waals surface area contributed by atoms with Crippen molar-refractivity contribution in [3.8, 4) is 0 Å². The van der Waals surface area contributed by atoms with Gasteiger partial charge in [0.2, 0.25) is 0 Å². The molecule has 0 saturated heterocycles. The standard InChI is InChI=1S/C18H27NO/c1-4-5-7-16-8-6-9-17-13-19(11-10-18(16)17)12-15(2)14-20-3/h6,8-9,14H,4-5,7,10-13H2,1-3H3/b15-14+. The van der Waals surface area contributed by atoms with Gasteiger partial charge >= 0.3 is 0 Å². The van der Waals surface area contributed by atoms with Gasteiger partial charge in [-0.2, -0.15) is 0 Å². The molecule has 1 aromatic rings. The summed E-state index contributed by atoms with van der Waals surface area (Å²) in [6, 6.07) is 6.84. The number of benzene rings is 1. The summed E-state index contributed by atoms with van der Waals surface area (Å²) >= 11 is 0.